The lowest BCUT2D eigenvalue weighted by Gasteiger charge is -2.20. The summed E-state index contributed by atoms with van der Waals surface area (Å²) in [7, 11) is 0. The Morgan fingerprint density at radius 3 is 2.52 bits per heavy atom. The number of hydrogen-bond acceptors (Lipinski definition) is 3. The van der Waals surface area contributed by atoms with Gasteiger partial charge in [0.25, 0.3) is 0 Å². The highest BCUT2D eigenvalue weighted by Crippen LogP contribution is 2.19. The first-order chi connectivity index (χ1) is 12.0. The highest BCUT2D eigenvalue weighted by atomic mass is 16.2. The summed E-state index contributed by atoms with van der Waals surface area (Å²) in [5, 5.41) is 5.49. The molecule has 0 aliphatic carbocycles. The maximum Gasteiger partial charge on any atom is 0.244 e. The van der Waals surface area contributed by atoms with Gasteiger partial charge >= 0.3 is 0 Å². The average molecular weight is 343 g/mol. The first-order valence-corrected chi connectivity index (χ1v) is 8.55. The van der Waals surface area contributed by atoms with E-state index in [0.717, 1.165) is 5.56 Å². The molecule has 1 fully saturated rings. The van der Waals surface area contributed by atoms with Gasteiger partial charge in [-0.2, -0.15) is 0 Å². The van der Waals surface area contributed by atoms with Crippen LogP contribution in [0.1, 0.15) is 25.8 Å². The molecule has 6 heteroatoms. The molecule has 0 spiro atoms. The molecule has 1 unspecified atom stereocenters. The van der Waals surface area contributed by atoms with E-state index in [1.165, 1.54) is 6.08 Å². The zero-order valence-corrected chi connectivity index (χ0v) is 14.7. The second-order valence-corrected chi connectivity index (χ2v) is 6.37. The van der Waals surface area contributed by atoms with Crippen molar-refractivity contribution in [2.45, 2.75) is 26.3 Å². The van der Waals surface area contributed by atoms with Gasteiger partial charge in [0.2, 0.25) is 17.7 Å². The summed E-state index contributed by atoms with van der Waals surface area (Å²) in [5.74, 6) is -0.621. The van der Waals surface area contributed by atoms with Crippen LogP contribution in [0.5, 0.6) is 0 Å². The third kappa shape index (κ3) is 5.74. The molecule has 0 bridgehead atoms. The SMILES string of the molecule is CC(C)N1CC(C(=O)NCCNC(=O)/C=C/c2ccccc2)CC1=O. The Bertz CT molecular complexity index is 641. The summed E-state index contributed by atoms with van der Waals surface area (Å²) in [6, 6.07) is 9.66. The Kier molecular flexibility index (Phi) is 6.74. The molecule has 1 aromatic carbocycles. The number of rotatable bonds is 7. The van der Waals surface area contributed by atoms with Crippen LogP contribution in [0.4, 0.5) is 0 Å². The molecule has 1 heterocycles. The van der Waals surface area contributed by atoms with Crippen LogP contribution >= 0.6 is 0 Å². The lowest BCUT2D eigenvalue weighted by atomic mass is 10.1. The number of likely N-dealkylation sites (tertiary alicyclic amines) is 1. The molecule has 1 aliphatic rings. The second kappa shape index (κ2) is 9.01. The van der Waals surface area contributed by atoms with Crippen LogP contribution in [0.15, 0.2) is 36.4 Å². The van der Waals surface area contributed by atoms with E-state index in [4.69, 9.17) is 0 Å². The molecule has 6 nitrogen and oxygen atoms in total. The predicted octanol–water partition coefficient (Wildman–Crippen LogP) is 1.19. The summed E-state index contributed by atoms with van der Waals surface area (Å²) >= 11 is 0. The first-order valence-electron chi connectivity index (χ1n) is 8.55. The minimum absolute atomic E-state index is 0.0227. The van der Waals surface area contributed by atoms with Crippen molar-refractivity contribution >= 4 is 23.8 Å². The molecule has 1 aromatic rings. The van der Waals surface area contributed by atoms with Gasteiger partial charge in [0.1, 0.15) is 0 Å². The van der Waals surface area contributed by atoms with Gasteiger partial charge in [-0.05, 0) is 25.5 Å². The third-order valence-corrected chi connectivity index (χ3v) is 4.10. The molecule has 1 saturated heterocycles. The van der Waals surface area contributed by atoms with E-state index in [2.05, 4.69) is 10.6 Å². The number of hydrogen-bond donors (Lipinski definition) is 2. The van der Waals surface area contributed by atoms with Crippen LogP contribution in [0.2, 0.25) is 0 Å². The summed E-state index contributed by atoms with van der Waals surface area (Å²) < 4.78 is 0. The van der Waals surface area contributed by atoms with E-state index >= 15 is 0 Å². The fraction of sp³-hybridized carbons (Fsp3) is 0.421. The molecular formula is C19H25N3O3. The van der Waals surface area contributed by atoms with E-state index in [0.29, 0.717) is 19.6 Å². The molecule has 25 heavy (non-hydrogen) atoms. The molecule has 0 saturated carbocycles. The zero-order valence-electron chi connectivity index (χ0n) is 14.7. The third-order valence-electron chi connectivity index (χ3n) is 4.10. The standard InChI is InChI=1S/C19H25N3O3/c1-14(2)22-13-16(12-18(22)24)19(25)21-11-10-20-17(23)9-8-15-6-4-3-5-7-15/h3-9,14,16H,10-13H2,1-2H3,(H,20,23)(H,21,25)/b9-8+. The minimum atomic E-state index is -0.302. The summed E-state index contributed by atoms with van der Waals surface area (Å²) in [6.45, 7) is 5.04. The smallest absolute Gasteiger partial charge is 0.244 e. The highest BCUT2D eigenvalue weighted by molar-refractivity contribution is 5.92. The molecule has 2 N–H and O–H groups in total. The molecule has 1 atom stereocenters. The number of amides is 3. The zero-order chi connectivity index (χ0) is 18.2. The van der Waals surface area contributed by atoms with Crippen molar-refractivity contribution in [1.82, 2.24) is 15.5 Å². The lowest BCUT2D eigenvalue weighted by Crippen LogP contribution is -2.38. The van der Waals surface area contributed by atoms with Crippen LogP contribution in [-0.2, 0) is 14.4 Å². The van der Waals surface area contributed by atoms with Gasteiger partial charge < -0.3 is 15.5 Å². The summed E-state index contributed by atoms with van der Waals surface area (Å²) in [5.41, 5.74) is 0.951. The van der Waals surface area contributed by atoms with Crippen LogP contribution < -0.4 is 10.6 Å². The normalized spacial score (nSPS) is 17.3. The second-order valence-electron chi connectivity index (χ2n) is 6.37. The number of nitrogens with one attached hydrogen (secondary N) is 2. The Labute approximate surface area is 148 Å². The topological polar surface area (TPSA) is 78.5 Å². The van der Waals surface area contributed by atoms with Crippen LogP contribution in [0, 0.1) is 5.92 Å². The molecular weight excluding hydrogens is 318 g/mol. The summed E-state index contributed by atoms with van der Waals surface area (Å²) in [6.07, 6.45) is 3.46. The van der Waals surface area contributed by atoms with Crippen LogP contribution in [0.25, 0.3) is 6.08 Å². The molecule has 1 aliphatic heterocycles. The molecule has 134 valence electrons. The minimum Gasteiger partial charge on any atom is -0.354 e. The highest BCUT2D eigenvalue weighted by Gasteiger charge is 2.35. The number of carbonyl (C=O) groups is 3. The van der Waals surface area contributed by atoms with Gasteiger partial charge in [-0.15, -0.1) is 0 Å². The quantitative estimate of drug-likeness (QED) is 0.577. The van der Waals surface area contributed by atoms with Crippen molar-refractivity contribution in [1.29, 1.82) is 0 Å². The van der Waals surface area contributed by atoms with Gasteiger partial charge in [-0.3, -0.25) is 14.4 Å². The molecule has 0 radical (unpaired) electrons. The van der Waals surface area contributed by atoms with Gasteiger partial charge in [0.15, 0.2) is 0 Å². The Balaban J connectivity index is 1.66. The van der Waals surface area contributed by atoms with Crippen molar-refractivity contribution in [2.24, 2.45) is 5.92 Å². The van der Waals surface area contributed by atoms with E-state index in [-0.39, 0.29) is 36.1 Å². The van der Waals surface area contributed by atoms with E-state index in [1.54, 1.807) is 11.0 Å². The van der Waals surface area contributed by atoms with Crippen LogP contribution in [0.3, 0.4) is 0 Å². The van der Waals surface area contributed by atoms with Crippen LogP contribution in [-0.4, -0.2) is 48.3 Å². The lowest BCUT2D eigenvalue weighted by molar-refractivity contribution is -0.129. The van der Waals surface area contributed by atoms with Gasteiger partial charge in [-0.1, -0.05) is 30.3 Å². The van der Waals surface area contributed by atoms with Gasteiger partial charge in [-0.25, -0.2) is 0 Å². The predicted molar refractivity (Wildman–Crippen MR) is 96.5 cm³/mol. The number of benzene rings is 1. The van der Waals surface area contributed by atoms with Crippen molar-refractivity contribution in [3.05, 3.63) is 42.0 Å². The van der Waals surface area contributed by atoms with E-state index in [1.807, 2.05) is 44.2 Å². The van der Waals surface area contributed by atoms with Gasteiger partial charge in [0.05, 0.1) is 5.92 Å². The fourth-order valence-corrected chi connectivity index (χ4v) is 2.72. The Hall–Kier alpha value is -2.63. The van der Waals surface area contributed by atoms with Crippen molar-refractivity contribution in [3.8, 4) is 0 Å². The van der Waals surface area contributed by atoms with Crippen molar-refractivity contribution < 1.29 is 14.4 Å². The number of nitrogens with zero attached hydrogens (tertiary/aromatic N) is 1. The van der Waals surface area contributed by atoms with Crippen molar-refractivity contribution in [3.63, 3.8) is 0 Å². The van der Waals surface area contributed by atoms with E-state index < -0.39 is 0 Å². The van der Waals surface area contributed by atoms with Crippen molar-refractivity contribution in [2.75, 3.05) is 19.6 Å². The monoisotopic (exact) mass is 343 g/mol. The summed E-state index contributed by atoms with van der Waals surface area (Å²) in [4.78, 5) is 37.4. The Morgan fingerprint density at radius 2 is 1.88 bits per heavy atom. The van der Waals surface area contributed by atoms with E-state index in [9.17, 15) is 14.4 Å². The molecule has 0 aromatic heterocycles. The maximum absolute atomic E-state index is 12.1. The first kappa shape index (κ1) is 18.7. The molecule has 2 rings (SSSR count). The number of carbonyl (C=O) groups excluding carboxylic acids is 3. The largest absolute Gasteiger partial charge is 0.354 e. The maximum atomic E-state index is 12.1. The fourth-order valence-electron chi connectivity index (χ4n) is 2.72. The van der Waals surface area contributed by atoms with Gasteiger partial charge in [0, 0.05) is 38.2 Å². The Morgan fingerprint density at radius 1 is 1.20 bits per heavy atom. The molecule has 3 amide bonds. The average Bonchev–Trinajstić information content (AvgIpc) is 3.00.